The third kappa shape index (κ3) is 30.8. The molecule has 470 valence electrons. The molecular formula is C58H76F4N10O12S2. The fourth-order valence-electron chi connectivity index (χ4n) is 7.15. The minimum absolute atomic E-state index is 0.0448. The molecule has 0 heterocycles. The summed E-state index contributed by atoms with van der Waals surface area (Å²) in [4.78, 5) is 56.6. The Morgan fingerprint density at radius 1 is 0.453 bits per heavy atom. The number of unbranched alkanes of at least 4 members (excludes halogenated alkanes) is 3. The number of guanidine groups is 2. The zero-order valence-corrected chi connectivity index (χ0v) is 49.7. The number of amides is 4. The normalized spacial score (nSPS) is 11.5. The Balaban J connectivity index is 0.853. The third-order valence-electron chi connectivity index (χ3n) is 11.3. The molecule has 22 nitrogen and oxygen atoms in total. The van der Waals surface area contributed by atoms with Crippen LogP contribution in [-0.4, -0.2) is 141 Å². The second kappa shape index (κ2) is 41.8. The Morgan fingerprint density at radius 2 is 0.756 bits per heavy atom. The molecule has 0 aromatic heterocycles. The van der Waals surface area contributed by atoms with Crippen LogP contribution in [0.1, 0.15) is 63.5 Å². The molecule has 4 aromatic carbocycles. The first-order chi connectivity index (χ1) is 41.5. The number of halogens is 4. The van der Waals surface area contributed by atoms with Gasteiger partial charge in [-0.05, 0) is 147 Å². The maximum Gasteiger partial charge on any atom is 0.275 e. The van der Waals surface area contributed by atoms with E-state index in [4.69, 9.17) is 60.8 Å². The first-order valence-corrected chi connectivity index (χ1v) is 29.1. The standard InChI is InChI=1S/C58H76F4N10O12S2/c1-39(55(75)71-57(63)64)33-41-35-47(59)53(48(60)36-41)83-43-9-13-45(14-10-43)85-69-19-23-79-27-31-81-29-25-77-21-17-67-51(73)7-5-3-4-6-8-52(74)68-18-22-78-26-30-82-32-28-80-24-20-70-86-46-15-11-44(12-16-46)84-54-49(61)37-42(38-50(54)62)34-40(2)56(76)72-58(65)66/h9-16,33-38,69-70H,3-8,17-32H2,1-2H3,(H,67,73)(H,68,74)(H4,63,64,71,75)(H4,65,66,72,76)/b39-33+,40-34+. The number of nitrogens with one attached hydrogen (secondary N) is 4. The van der Waals surface area contributed by atoms with Crippen LogP contribution in [0.2, 0.25) is 0 Å². The van der Waals surface area contributed by atoms with Crippen LogP contribution in [0.4, 0.5) is 17.6 Å². The van der Waals surface area contributed by atoms with E-state index in [2.05, 4.69) is 30.1 Å². The average Bonchev–Trinajstić information content (AvgIpc) is 2.64. The van der Waals surface area contributed by atoms with Crippen molar-refractivity contribution in [1.82, 2.24) is 20.1 Å². The van der Waals surface area contributed by atoms with E-state index < -0.39 is 58.5 Å². The smallest absolute Gasteiger partial charge is 0.275 e. The number of aliphatic imine (C=N–C) groups is 2. The predicted octanol–water partition coefficient (Wildman–Crippen LogP) is 6.80. The van der Waals surface area contributed by atoms with Gasteiger partial charge in [0.2, 0.25) is 11.8 Å². The van der Waals surface area contributed by atoms with Gasteiger partial charge in [0.1, 0.15) is 11.5 Å². The molecule has 0 aliphatic rings. The fraction of sp³-hybridized carbons (Fsp3) is 0.414. The maximum atomic E-state index is 14.7. The van der Waals surface area contributed by atoms with Crippen molar-refractivity contribution in [3.8, 4) is 23.0 Å². The van der Waals surface area contributed by atoms with E-state index in [1.165, 1.54) is 49.9 Å². The van der Waals surface area contributed by atoms with E-state index in [1.54, 1.807) is 48.5 Å². The highest BCUT2D eigenvalue weighted by Crippen LogP contribution is 2.32. The molecule has 0 unspecified atom stereocenters. The molecule has 4 amide bonds. The van der Waals surface area contributed by atoms with Crippen molar-refractivity contribution in [3.63, 3.8) is 0 Å². The summed E-state index contributed by atoms with van der Waals surface area (Å²) in [6.07, 6.45) is 6.47. The molecule has 0 radical (unpaired) electrons. The van der Waals surface area contributed by atoms with Crippen LogP contribution in [0.25, 0.3) is 12.2 Å². The first kappa shape index (κ1) is 71.4. The fourth-order valence-corrected chi connectivity index (χ4v) is 8.40. The maximum absolute atomic E-state index is 14.7. The number of carbonyl (C=O) groups excluding carboxylic acids is 4. The van der Waals surface area contributed by atoms with Crippen molar-refractivity contribution in [2.75, 3.05) is 105 Å². The Morgan fingerprint density at radius 3 is 1.07 bits per heavy atom. The van der Waals surface area contributed by atoms with Gasteiger partial charge in [-0.2, -0.15) is 9.98 Å². The van der Waals surface area contributed by atoms with E-state index in [1.807, 2.05) is 0 Å². The summed E-state index contributed by atoms with van der Waals surface area (Å²) >= 11 is 2.71. The summed E-state index contributed by atoms with van der Waals surface area (Å²) in [6.45, 7) is 9.45. The quantitative estimate of drug-likeness (QED) is 0.00564. The molecule has 0 aliphatic heterocycles. The summed E-state index contributed by atoms with van der Waals surface area (Å²) in [5, 5.41) is 5.69. The van der Waals surface area contributed by atoms with E-state index >= 15 is 0 Å². The molecule has 0 saturated heterocycles. The van der Waals surface area contributed by atoms with Crippen molar-refractivity contribution in [2.24, 2.45) is 32.9 Å². The van der Waals surface area contributed by atoms with E-state index in [0.717, 1.165) is 59.7 Å². The number of nitrogens with zero attached hydrogens (tertiary/aromatic N) is 2. The van der Waals surface area contributed by atoms with Crippen molar-refractivity contribution in [3.05, 3.63) is 118 Å². The predicted molar refractivity (Wildman–Crippen MR) is 321 cm³/mol. The van der Waals surface area contributed by atoms with Gasteiger partial charge in [0, 0.05) is 60.0 Å². The van der Waals surface area contributed by atoms with Crippen LogP contribution >= 0.6 is 23.9 Å². The largest absolute Gasteiger partial charge is 0.451 e. The average molecular weight is 1250 g/mol. The molecular weight excluding hydrogens is 1170 g/mol. The molecule has 0 aliphatic carbocycles. The van der Waals surface area contributed by atoms with Gasteiger partial charge < -0.3 is 71.5 Å². The highest BCUT2D eigenvalue weighted by atomic mass is 32.2. The number of rotatable bonds is 43. The topological polar surface area (TPSA) is 319 Å². The molecule has 0 atom stereocenters. The van der Waals surface area contributed by atoms with Gasteiger partial charge in [-0.3, -0.25) is 28.6 Å². The molecule has 0 saturated carbocycles. The minimum atomic E-state index is -0.953. The molecule has 28 heteroatoms. The van der Waals surface area contributed by atoms with Crippen LogP contribution in [0, 0.1) is 23.3 Å². The number of hydrogen-bond acceptors (Lipinski definition) is 16. The molecule has 86 heavy (non-hydrogen) atoms. The third-order valence-corrected chi connectivity index (χ3v) is 13.0. The number of ether oxygens (including phenoxy) is 8. The summed E-state index contributed by atoms with van der Waals surface area (Å²) in [5.41, 5.74) is 21.2. The van der Waals surface area contributed by atoms with Gasteiger partial charge in [-0.1, -0.05) is 12.8 Å². The lowest BCUT2D eigenvalue weighted by molar-refractivity contribution is -0.122. The van der Waals surface area contributed by atoms with Crippen LogP contribution in [-0.2, 0) is 47.6 Å². The highest BCUT2D eigenvalue weighted by molar-refractivity contribution is 7.97. The van der Waals surface area contributed by atoms with E-state index in [9.17, 15) is 36.7 Å². The van der Waals surface area contributed by atoms with Crippen molar-refractivity contribution < 1.29 is 74.6 Å². The SMILES string of the molecule is C/C(=C\c1cc(F)c(Oc2ccc(SNCCOCCOCCOCCNC(=O)CCCCCCC(=O)NCCOCCOCCOCCNSc3ccc(Oc4c(F)cc(/C=C(\C)C(=O)N=C(N)N)cc4F)cc3)cc2)c(F)c1)C(=O)N=C(N)N. The Labute approximate surface area is 506 Å². The molecule has 4 rings (SSSR count). The molecule has 4 aromatic rings. The van der Waals surface area contributed by atoms with Gasteiger partial charge >= 0.3 is 0 Å². The Kier molecular flexibility index (Phi) is 34.7. The number of nitrogens with two attached hydrogens (primary N) is 4. The summed E-state index contributed by atoms with van der Waals surface area (Å²) in [6, 6.07) is 17.4. The summed E-state index contributed by atoms with van der Waals surface area (Å²) < 4.78 is 109. The molecule has 0 fully saturated rings. The molecule has 12 N–H and O–H groups in total. The highest BCUT2D eigenvalue weighted by Gasteiger charge is 2.17. The molecule has 0 bridgehead atoms. The van der Waals surface area contributed by atoms with Crippen molar-refractivity contribution in [2.45, 2.75) is 62.2 Å². The van der Waals surface area contributed by atoms with Crippen molar-refractivity contribution >= 4 is 71.6 Å². The number of carbonyl (C=O) groups is 4. The monoisotopic (exact) mass is 1240 g/mol. The second-order valence-electron chi connectivity index (χ2n) is 18.4. The van der Waals surface area contributed by atoms with Crippen LogP contribution in [0.3, 0.4) is 0 Å². The Hall–Kier alpha value is -7.12. The second-order valence-corrected chi connectivity index (χ2v) is 20.3. The van der Waals surface area contributed by atoms with E-state index in [-0.39, 0.29) is 45.6 Å². The van der Waals surface area contributed by atoms with Crippen LogP contribution in [0.5, 0.6) is 23.0 Å². The van der Waals surface area contributed by atoms with Gasteiger partial charge in [0.25, 0.3) is 11.8 Å². The lowest BCUT2D eigenvalue weighted by Crippen LogP contribution is -2.27. The lowest BCUT2D eigenvalue weighted by atomic mass is 10.1. The zero-order chi connectivity index (χ0) is 62.3. The Bertz CT molecular complexity index is 2630. The van der Waals surface area contributed by atoms with Crippen LogP contribution in [0.15, 0.2) is 104 Å². The van der Waals surface area contributed by atoms with Crippen molar-refractivity contribution in [1.29, 1.82) is 0 Å². The summed E-state index contributed by atoms with van der Waals surface area (Å²) in [5.74, 6) is -6.93. The van der Waals surface area contributed by atoms with Crippen LogP contribution < -0.4 is 52.5 Å². The first-order valence-electron chi connectivity index (χ1n) is 27.4. The zero-order valence-electron chi connectivity index (χ0n) is 48.1. The van der Waals surface area contributed by atoms with Gasteiger partial charge in [0.15, 0.2) is 46.7 Å². The summed E-state index contributed by atoms with van der Waals surface area (Å²) in [7, 11) is 0. The van der Waals surface area contributed by atoms with Gasteiger partial charge in [-0.15, -0.1) is 0 Å². The van der Waals surface area contributed by atoms with Gasteiger partial charge in [0.05, 0.1) is 79.3 Å². The lowest BCUT2D eigenvalue weighted by Gasteiger charge is -2.10. The van der Waals surface area contributed by atoms with Gasteiger partial charge in [-0.25, -0.2) is 17.6 Å². The molecule has 0 spiro atoms. The number of hydrogen-bond donors (Lipinski definition) is 8. The minimum Gasteiger partial charge on any atom is -0.451 e. The van der Waals surface area contributed by atoms with E-state index in [0.29, 0.717) is 118 Å². The number of benzene rings is 4.